The SMILES string of the molecule is C=O.CN(C)CCCBr.C[C@H]1CC[C@H](c2cccc(B3OC(C)(C)C(C)(C)O3)c2)N(C(=O)OC(C)(C)C)C1.C[C@H]1CC[C@H](c2cccc(Br)c2)N(C(=O)OC(C)(C)C)C1.C[C@H]1CC[C@H](c2cccc(O)c2)N(C(=O)OC(C)(C)C)C1.C[C@H]1CC[C@H](c2cccc(OCCCN(C)C)c2)N(C(=O)OC(C)(C)C)C1.O=CC(F)(F)F.[Cs][Cs]. The summed E-state index contributed by atoms with van der Waals surface area (Å²) in [6, 6.07) is 31.9. The summed E-state index contributed by atoms with van der Waals surface area (Å²) >= 11 is 9.09. The van der Waals surface area contributed by atoms with Crippen LogP contribution in [-0.2, 0) is 37.8 Å². The van der Waals surface area contributed by atoms with Gasteiger partial charge in [0.2, 0.25) is 6.29 Å². The number of piperidine rings is 4. The predicted molar refractivity (Wildman–Crippen MR) is 464 cm³/mol. The van der Waals surface area contributed by atoms with Crippen LogP contribution in [0.15, 0.2) is 102 Å². The van der Waals surface area contributed by atoms with Gasteiger partial charge in [0, 0.05) is 42.5 Å². The maximum atomic E-state index is 12.9. The maximum absolute atomic E-state index is 12.9. The van der Waals surface area contributed by atoms with E-state index in [4.69, 9.17) is 42.6 Å². The van der Waals surface area contributed by atoms with Crippen molar-refractivity contribution < 1.29 is 80.0 Å². The van der Waals surface area contributed by atoms with E-state index in [-0.39, 0.29) is 65.5 Å². The van der Waals surface area contributed by atoms with Gasteiger partial charge in [0.25, 0.3) is 0 Å². The molecule has 8 atom stereocenters. The van der Waals surface area contributed by atoms with Crippen LogP contribution in [-0.4, -0.2) is 272 Å². The molecule has 28 heteroatoms. The van der Waals surface area contributed by atoms with Gasteiger partial charge in [-0.15, -0.1) is 0 Å². The fraction of sp³-hybridized carbons (Fsp3) is 0.655. The van der Waals surface area contributed by atoms with E-state index in [2.05, 4.69) is 162 Å². The molecule has 115 heavy (non-hydrogen) atoms. The van der Waals surface area contributed by atoms with Crippen LogP contribution in [0, 0.1) is 23.7 Å². The molecule has 20 nitrogen and oxygen atoms in total. The first-order valence-electron chi connectivity index (χ1n) is 40.7. The van der Waals surface area contributed by atoms with Crippen molar-refractivity contribution in [3.8, 4) is 11.5 Å². The molecule has 0 radical (unpaired) electrons. The second-order valence-corrected chi connectivity index (χ2v) is 37.5. The summed E-state index contributed by atoms with van der Waals surface area (Å²) in [4.78, 5) is 79.2. The fourth-order valence-corrected chi connectivity index (χ4v) is 13.8. The molecule has 5 fully saturated rings. The monoisotopic (exact) mass is 1980 g/mol. The Labute approximate surface area is 758 Å². The van der Waals surface area contributed by atoms with Gasteiger partial charge in [-0.1, -0.05) is 120 Å². The Hall–Kier alpha value is -2.34. The molecular formula is C87H136BBr2Cs2F3N6O14. The Morgan fingerprint density at radius 3 is 1.13 bits per heavy atom. The molecular weight excluding hydrogens is 1850 g/mol. The number of hydrogen-bond acceptors (Lipinski definition) is 16. The molecule has 4 amide bonds. The zero-order valence-electron chi connectivity index (χ0n) is 74.3. The number of hydrogen-bond donors (Lipinski definition) is 1. The average Bonchev–Trinajstić information content (AvgIpc) is 1.64. The van der Waals surface area contributed by atoms with Crippen molar-refractivity contribution in [3.63, 3.8) is 0 Å². The van der Waals surface area contributed by atoms with Gasteiger partial charge < -0.3 is 72.3 Å². The number of phenolic OH excluding ortho intramolecular Hbond substituents is 1. The van der Waals surface area contributed by atoms with E-state index < -0.39 is 42.0 Å². The molecule has 4 aromatic carbocycles. The van der Waals surface area contributed by atoms with Crippen LogP contribution in [0.3, 0.4) is 0 Å². The van der Waals surface area contributed by atoms with Gasteiger partial charge in [-0.25, -0.2) is 19.2 Å². The third-order valence-electron chi connectivity index (χ3n) is 19.2. The third-order valence-corrected chi connectivity index (χ3v) is 20.3. The second-order valence-electron chi connectivity index (χ2n) is 35.8. The van der Waals surface area contributed by atoms with Crippen LogP contribution < -0.4 is 10.2 Å². The standard InChI is InChI=1S/C23H36BNO4.C22H36N2O3.C17H24BrNO2.C17H25NO3.C5H12BrN.C2HF3O.CH2O.2Cs/c1-16-12-13-19(25(15-16)20(26)27-21(2,3)4)17-10-9-11-18(14-17)24-28-22(5,6)23(7,8)29-24;1-17-11-12-20(24(16-17)21(25)27-22(2,3)4)18-9-7-10-19(15-18)26-14-8-13-23(5)6;1-12-8-9-15(13-6-5-7-14(18)10-13)19(11-12)16(20)21-17(2,3)4;1-12-8-9-15(13-6-5-7-14(19)10-13)18(11-12)16(20)21-17(2,3)4;1-7(2)5-3-4-6;3-2(4,5)1-6;1-2;;/h9-11,14,16,19H,12-13,15H2,1-8H3;7,9-10,15,17,20H,8,11-14,16H2,1-6H3;5-7,10,12,15H,8-9,11H2,1-4H3;5-7,10,12,15,19H,8-9,11H2,1-4H3;3-5H2,1-2H3;1H;1H2;;/t16-,19+;17-,20+;2*12-,15+;;;;;/m0000...../s1. The molecule has 4 aromatic rings. The van der Waals surface area contributed by atoms with Gasteiger partial charge in [-0.2, -0.15) is 13.2 Å². The molecule has 5 heterocycles. The number of likely N-dealkylation sites (tertiary alicyclic amines) is 4. The van der Waals surface area contributed by atoms with Gasteiger partial charge in [0.1, 0.15) is 40.7 Å². The topological polar surface area (TPSA) is 207 Å². The van der Waals surface area contributed by atoms with Crippen LogP contribution in [0.25, 0.3) is 0 Å². The van der Waals surface area contributed by atoms with Crippen LogP contribution in [0.1, 0.15) is 249 Å². The van der Waals surface area contributed by atoms with Crippen molar-refractivity contribution >= 4 is 155 Å². The molecule has 5 aliphatic rings. The number of halogens is 5. The third kappa shape index (κ3) is 42.1. The first-order chi connectivity index (χ1) is 53.3. The van der Waals surface area contributed by atoms with Crippen LogP contribution in [0.4, 0.5) is 32.3 Å². The number of phenols is 1. The minimum absolute atomic E-state index is 0.00317. The Morgan fingerprint density at radius 1 is 0.522 bits per heavy atom. The summed E-state index contributed by atoms with van der Waals surface area (Å²) < 4.78 is 73.1. The number of nitrogens with zero attached hydrogens (tertiary/aromatic N) is 6. The fourth-order valence-electron chi connectivity index (χ4n) is 13.2. The first kappa shape index (κ1) is 109. The second kappa shape index (κ2) is 51.7. The van der Waals surface area contributed by atoms with Gasteiger partial charge in [0.15, 0.2) is 0 Å². The summed E-state index contributed by atoms with van der Waals surface area (Å²) in [6.45, 7) is 47.5. The zero-order chi connectivity index (χ0) is 87.8. The molecule has 0 bridgehead atoms. The quantitative estimate of drug-likeness (QED) is 0.0434. The summed E-state index contributed by atoms with van der Waals surface area (Å²) in [5.41, 5.74) is 2.65. The normalized spacial score (nSPS) is 21.2. The van der Waals surface area contributed by atoms with Crippen molar-refractivity contribution in [3.05, 3.63) is 124 Å². The number of ether oxygens (including phenoxy) is 5. The number of carbonyl (C=O) groups excluding carboxylic acids is 6. The average molecular weight is 1980 g/mol. The number of aromatic hydroxyl groups is 1. The molecule has 5 aliphatic heterocycles. The van der Waals surface area contributed by atoms with Crippen LogP contribution in [0.5, 0.6) is 11.5 Å². The van der Waals surface area contributed by atoms with Gasteiger partial charge >= 0.3 is 111 Å². The number of benzene rings is 4. The van der Waals surface area contributed by atoms with Crippen molar-refractivity contribution in [2.45, 2.75) is 267 Å². The van der Waals surface area contributed by atoms with Crippen molar-refractivity contribution in [1.82, 2.24) is 29.4 Å². The summed E-state index contributed by atoms with van der Waals surface area (Å²) in [5, 5.41) is 10.8. The van der Waals surface area contributed by atoms with Gasteiger partial charge in [-0.05, 0) is 298 Å². The van der Waals surface area contributed by atoms with E-state index in [1.54, 1.807) is 17.0 Å². The minimum atomic E-state index is -4.64. The number of alkyl halides is 4. The molecule has 1 N–H and O–H groups in total. The van der Waals surface area contributed by atoms with E-state index in [0.717, 1.165) is 189 Å². The van der Waals surface area contributed by atoms with Gasteiger partial charge in [-0.3, -0.25) is 4.79 Å². The van der Waals surface area contributed by atoms with E-state index in [9.17, 15) is 37.5 Å². The van der Waals surface area contributed by atoms with Crippen molar-refractivity contribution in [1.29, 1.82) is 0 Å². The van der Waals surface area contributed by atoms with Crippen molar-refractivity contribution in [2.75, 3.05) is 79.4 Å². The summed E-state index contributed by atoms with van der Waals surface area (Å²) in [7, 11) is 7.90. The first-order valence-corrected chi connectivity index (χ1v) is 94.6. The van der Waals surface area contributed by atoms with Crippen LogP contribution >= 0.6 is 31.9 Å². The predicted octanol–water partition coefficient (Wildman–Crippen LogP) is 19.8. The molecule has 0 unspecified atom stereocenters. The molecule has 5 saturated heterocycles. The Bertz CT molecular complexity index is 3450. The van der Waals surface area contributed by atoms with E-state index in [0.29, 0.717) is 43.4 Å². The summed E-state index contributed by atoms with van der Waals surface area (Å²) in [6.07, 6.45) is 3.73. The Balaban J connectivity index is 0.000000489. The van der Waals surface area contributed by atoms with E-state index in [1.165, 1.54) is 18.5 Å². The molecule has 0 aliphatic carbocycles. The Morgan fingerprint density at radius 2 is 0.826 bits per heavy atom. The number of rotatable bonds is 13. The molecule has 9 rings (SSSR count). The van der Waals surface area contributed by atoms with E-state index >= 15 is 0 Å². The van der Waals surface area contributed by atoms with Crippen LogP contribution in [0.2, 0.25) is 0 Å². The molecule has 0 saturated carbocycles. The Kier molecular flexibility index (Phi) is 48.9. The van der Waals surface area contributed by atoms with Gasteiger partial charge in [0.05, 0.1) is 42.0 Å². The summed E-state index contributed by atoms with van der Waals surface area (Å²) in [5.74, 6) is 3.03. The number of aldehydes is 1. The number of amides is 4. The molecule has 0 spiro atoms. The van der Waals surface area contributed by atoms with E-state index in [1.807, 2.05) is 153 Å². The van der Waals surface area contributed by atoms with Crippen molar-refractivity contribution in [2.24, 2.45) is 23.7 Å². The molecule has 638 valence electrons. The number of carbonyl (C=O) groups is 6. The zero-order valence-corrected chi connectivity index (χ0v) is 90.0. The molecule has 0 aromatic heterocycles.